The Morgan fingerprint density at radius 3 is 2.52 bits per heavy atom. The van der Waals surface area contributed by atoms with Gasteiger partial charge in [0.1, 0.15) is 0 Å². The Labute approximate surface area is 132 Å². The Hall–Kier alpha value is -1.56. The van der Waals surface area contributed by atoms with E-state index >= 15 is 0 Å². The van der Waals surface area contributed by atoms with Crippen LogP contribution in [0.1, 0.15) is 18.4 Å². The van der Waals surface area contributed by atoms with Crippen molar-refractivity contribution in [2.24, 2.45) is 5.92 Å². The lowest BCUT2D eigenvalue weighted by Gasteiger charge is -2.33. The Bertz CT molecular complexity index is 527. The molecule has 6 heteroatoms. The average Bonchev–Trinajstić information content (AvgIpc) is 2.49. The van der Waals surface area contributed by atoms with Crippen molar-refractivity contribution in [1.29, 1.82) is 0 Å². The molecule has 0 spiro atoms. The van der Waals surface area contributed by atoms with Crippen LogP contribution >= 0.6 is 15.9 Å². The average molecular weight is 355 g/mol. The monoisotopic (exact) mass is 354 g/mol. The lowest BCUT2D eigenvalue weighted by Crippen LogP contribution is -2.45. The zero-order chi connectivity index (χ0) is 15.4. The van der Waals surface area contributed by atoms with Gasteiger partial charge in [-0.15, -0.1) is 0 Å². The van der Waals surface area contributed by atoms with Gasteiger partial charge in [0.15, 0.2) is 0 Å². The smallest absolute Gasteiger partial charge is 0.320 e. The van der Waals surface area contributed by atoms with E-state index in [-0.39, 0.29) is 11.9 Å². The number of hydrogen-bond acceptors (Lipinski definition) is 2. The van der Waals surface area contributed by atoms with E-state index in [1.165, 1.54) is 0 Å². The van der Waals surface area contributed by atoms with Crippen molar-refractivity contribution in [3.05, 3.63) is 34.3 Å². The van der Waals surface area contributed by atoms with E-state index in [1.807, 2.05) is 24.3 Å². The highest BCUT2D eigenvalue weighted by Gasteiger charge is 2.28. The molecule has 0 atom stereocenters. The zero-order valence-electron chi connectivity index (χ0n) is 12.0. The maximum Gasteiger partial charge on any atom is 0.320 e. The third kappa shape index (κ3) is 3.97. The molecule has 0 aliphatic carbocycles. The van der Waals surface area contributed by atoms with Crippen LogP contribution < -0.4 is 0 Å². The number of carboxylic acid groups (broad SMARTS) is 1. The van der Waals surface area contributed by atoms with E-state index in [0.29, 0.717) is 32.5 Å². The topological polar surface area (TPSA) is 60.9 Å². The maximum atomic E-state index is 12.4. The standard InChI is InChI=1S/C15H19BrN2O3/c1-17(10-12-4-2-3-5-13(12)16)15(21)18-8-6-11(7-9-18)14(19)20/h2-5,11H,6-10H2,1H3,(H,19,20). The third-order valence-electron chi connectivity index (χ3n) is 3.81. The third-order valence-corrected chi connectivity index (χ3v) is 4.58. The van der Waals surface area contributed by atoms with Crippen LogP contribution in [-0.2, 0) is 11.3 Å². The van der Waals surface area contributed by atoms with Gasteiger partial charge in [0.05, 0.1) is 5.92 Å². The summed E-state index contributed by atoms with van der Waals surface area (Å²) in [5.41, 5.74) is 1.05. The highest BCUT2D eigenvalue weighted by atomic mass is 79.9. The first-order valence-corrected chi connectivity index (χ1v) is 7.74. The number of urea groups is 1. The molecule has 0 aromatic heterocycles. The molecule has 5 nitrogen and oxygen atoms in total. The fraction of sp³-hybridized carbons (Fsp3) is 0.467. The Morgan fingerprint density at radius 2 is 1.95 bits per heavy atom. The summed E-state index contributed by atoms with van der Waals surface area (Å²) in [6, 6.07) is 7.76. The van der Waals surface area contributed by atoms with E-state index in [0.717, 1.165) is 10.0 Å². The van der Waals surface area contributed by atoms with Crippen LogP contribution in [0.15, 0.2) is 28.7 Å². The SMILES string of the molecule is CN(Cc1ccccc1Br)C(=O)N1CCC(C(=O)O)CC1. The van der Waals surface area contributed by atoms with Gasteiger partial charge >= 0.3 is 12.0 Å². The second-order valence-corrected chi connectivity index (χ2v) is 6.18. The summed E-state index contributed by atoms with van der Waals surface area (Å²) in [6.07, 6.45) is 1.06. The summed E-state index contributed by atoms with van der Waals surface area (Å²) in [7, 11) is 1.77. The number of amides is 2. The zero-order valence-corrected chi connectivity index (χ0v) is 13.5. The molecular weight excluding hydrogens is 336 g/mol. The van der Waals surface area contributed by atoms with Gasteiger partial charge in [-0.3, -0.25) is 4.79 Å². The first-order chi connectivity index (χ1) is 9.99. The second kappa shape index (κ2) is 6.93. The minimum Gasteiger partial charge on any atom is -0.481 e. The molecule has 1 N–H and O–H groups in total. The second-order valence-electron chi connectivity index (χ2n) is 5.33. The summed E-state index contributed by atoms with van der Waals surface area (Å²) in [5.74, 6) is -1.08. The van der Waals surface area contributed by atoms with Crippen LogP contribution in [0.3, 0.4) is 0 Å². The molecule has 2 rings (SSSR count). The van der Waals surface area contributed by atoms with Crippen molar-refractivity contribution in [3.63, 3.8) is 0 Å². The van der Waals surface area contributed by atoms with Crippen molar-refractivity contribution in [2.45, 2.75) is 19.4 Å². The van der Waals surface area contributed by atoms with Gasteiger partial charge in [0.25, 0.3) is 0 Å². The highest BCUT2D eigenvalue weighted by Crippen LogP contribution is 2.20. The maximum absolute atomic E-state index is 12.4. The number of carbonyl (C=O) groups is 2. The summed E-state index contributed by atoms with van der Waals surface area (Å²) in [5, 5.41) is 8.98. The van der Waals surface area contributed by atoms with E-state index in [4.69, 9.17) is 5.11 Å². The van der Waals surface area contributed by atoms with Gasteiger partial charge in [-0.1, -0.05) is 34.1 Å². The molecule has 1 aliphatic heterocycles. The highest BCUT2D eigenvalue weighted by molar-refractivity contribution is 9.10. The summed E-state index contributed by atoms with van der Waals surface area (Å²) in [4.78, 5) is 26.7. The van der Waals surface area contributed by atoms with Crippen LogP contribution in [0.5, 0.6) is 0 Å². The molecule has 1 aliphatic rings. The Morgan fingerprint density at radius 1 is 1.33 bits per heavy atom. The first kappa shape index (κ1) is 15.8. The van der Waals surface area contributed by atoms with Crippen molar-refractivity contribution >= 4 is 27.9 Å². The van der Waals surface area contributed by atoms with E-state index in [9.17, 15) is 9.59 Å². The number of aliphatic carboxylic acids is 1. The summed E-state index contributed by atoms with van der Waals surface area (Å²) >= 11 is 3.48. The van der Waals surface area contributed by atoms with E-state index in [2.05, 4.69) is 15.9 Å². The molecule has 21 heavy (non-hydrogen) atoms. The number of carbonyl (C=O) groups excluding carboxylic acids is 1. The van der Waals surface area contributed by atoms with Crippen LogP contribution in [0.4, 0.5) is 4.79 Å². The normalized spacial score (nSPS) is 15.8. The quantitative estimate of drug-likeness (QED) is 0.907. The molecule has 0 radical (unpaired) electrons. The minimum atomic E-state index is -0.760. The lowest BCUT2D eigenvalue weighted by atomic mass is 9.97. The number of piperidine rings is 1. The van der Waals surface area contributed by atoms with Gasteiger partial charge < -0.3 is 14.9 Å². The number of carboxylic acids is 1. The summed E-state index contributed by atoms with van der Waals surface area (Å²) in [6.45, 7) is 1.55. The van der Waals surface area contributed by atoms with Crippen LogP contribution in [0.2, 0.25) is 0 Å². The van der Waals surface area contributed by atoms with Crippen molar-refractivity contribution in [2.75, 3.05) is 20.1 Å². The van der Waals surface area contributed by atoms with Gasteiger partial charge in [-0.2, -0.15) is 0 Å². The Kier molecular flexibility index (Phi) is 5.22. The molecular formula is C15H19BrN2O3. The lowest BCUT2D eigenvalue weighted by molar-refractivity contribution is -0.143. The number of hydrogen-bond donors (Lipinski definition) is 1. The molecule has 1 aromatic rings. The molecule has 1 saturated heterocycles. The number of nitrogens with zero attached hydrogens (tertiary/aromatic N) is 2. The first-order valence-electron chi connectivity index (χ1n) is 6.95. The van der Waals surface area contributed by atoms with Crippen LogP contribution in [0, 0.1) is 5.92 Å². The number of rotatable bonds is 3. The largest absolute Gasteiger partial charge is 0.481 e. The minimum absolute atomic E-state index is 0.0467. The van der Waals surface area contributed by atoms with Crippen molar-refractivity contribution in [1.82, 2.24) is 9.80 Å². The van der Waals surface area contributed by atoms with Crippen molar-refractivity contribution < 1.29 is 14.7 Å². The molecule has 0 unspecified atom stereocenters. The van der Waals surface area contributed by atoms with Crippen LogP contribution in [-0.4, -0.2) is 47.0 Å². The molecule has 2 amide bonds. The van der Waals surface area contributed by atoms with Gasteiger partial charge in [0, 0.05) is 31.2 Å². The summed E-state index contributed by atoms with van der Waals surface area (Å²) < 4.78 is 0.981. The molecule has 1 heterocycles. The molecule has 1 fully saturated rings. The van der Waals surface area contributed by atoms with Gasteiger partial charge in [0.2, 0.25) is 0 Å². The molecule has 0 bridgehead atoms. The molecule has 0 saturated carbocycles. The molecule has 1 aromatic carbocycles. The number of likely N-dealkylation sites (tertiary alicyclic amines) is 1. The fourth-order valence-electron chi connectivity index (χ4n) is 2.51. The Balaban J connectivity index is 1.92. The van der Waals surface area contributed by atoms with E-state index in [1.54, 1.807) is 16.8 Å². The fourth-order valence-corrected chi connectivity index (χ4v) is 2.92. The predicted octanol–water partition coefficient (Wildman–Crippen LogP) is 2.80. The number of benzene rings is 1. The van der Waals surface area contributed by atoms with Gasteiger partial charge in [-0.05, 0) is 24.5 Å². The molecule has 114 valence electrons. The van der Waals surface area contributed by atoms with Gasteiger partial charge in [-0.25, -0.2) is 4.79 Å². The predicted molar refractivity (Wildman–Crippen MR) is 82.9 cm³/mol. The number of halogens is 1. The van der Waals surface area contributed by atoms with Crippen molar-refractivity contribution in [3.8, 4) is 0 Å². The van der Waals surface area contributed by atoms with Crippen LogP contribution in [0.25, 0.3) is 0 Å². The van der Waals surface area contributed by atoms with E-state index < -0.39 is 5.97 Å².